The first-order valence-corrected chi connectivity index (χ1v) is 8.40. The molecule has 6 heteroatoms. The average Bonchev–Trinajstić information content (AvgIpc) is 3.12. The molecule has 0 unspecified atom stereocenters. The minimum absolute atomic E-state index is 0.235. The van der Waals surface area contributed by atoms with E-state index in [0.717, 1.165) is 22.2 Å². The number of rotatable bonds is 3. The third-order valence-corrected chi connectivity index (χ3v) is 4.95. The maximum absolute atomic E-state index is 12.4. The van der Waals surface area contributed by atoms with Crippen LogP contribution in [0.3, 0.4) is 0 Å². The van der Waals surface area contributed by atoms with Gasteiger partial charge in [-0.15, -0.1) is 0 Å². The van der Waals surface area contributed by atoms with Crippen molar-refractivity contribution >= 4 is 44.2 Å². The molecule has 2 heterocycles. The minimum atomic E-state index is -0.434. The zero-order valence-electron chi connectivity index (χ0n) is 13.2. The second-order valence-corrected chi connectivity index (χ2v) is 6.42. The second kappa shape index (κ2) is 5.89. The molecule has 2 N–H and O–H groups in total. The number of halogens is 1. The molecule has 25 heavy (non-hydrogen) atoms. The molecule has 3 aromatic rings. The molecule has 0 spiro atoms. The summed E-state index contributed by atoms with van der Waals surface area (Å²) in [6.07, 6.45) is 0. The standard InChI is InChI=1S/C19H13BrN2O3/c1-25-11-7-8-13-12(9-11)14(15-16(20)19(24)22-18(15)23)17(21-13)10-5-3-2-4-6-10/h2-9,21H,1H3,(H,22,23,24). The fourth-order valence-electron chi connectivity index (χ4n) is 3.04. The summed E-state index contributed by atoms with van der Waals surface area (Å²) in [5.41, 5.74) is 3.56. The highest BCUT2D eigenvalue weighted by molar-refractivity contribution is 9.12. The van der Waals surface area contributed by atoms with E-state index in [1.807, 2.05) is 48.5 Å². The van der Waals surface area contributed by atoms with Crippen molar-refractivity contribution in [3.63, 3.8) is 0 Å². The largest absolute Gasteiger partial charge is 0.497 e. The normalized spacial score (nSPS) is 14.3. The summed E-state index contributed by atoms with van der Waals surface area (Å²) >= 11 is 3.26. The molecule has 2 amide bonds. The molecule has 1 aliphatic rings. The van der Waals surface area contributed by atoms with Crippen LogP contribution in [0.15, 0.2) is 53.0 Å². The highest BCUT2D eigenvalue weighted by atomic mass is 79.9. The van der Waals surface area contributed by atoms with Crippen LogP contribution in [-0.4, -0.2) is 23.9 Å². The third kappa shape index (κ3) is 2.46. The Bertz CT molecular complexity index is 1050. The van der Waals surface area contributed by atoms with Crippen LogP contribution >= 0.6 is 15.9 Å². The number of carbonyl (C=O) groups excluding carboxylic acids is 2. The summed E-state index contributed by atoms with van der Waals surface area (Å²) in [7, 11) is 1.59. The number of H-pyrrole nitrogens is 1. The van der Waals surface area contributed by atoms with Crippen molar-refractivity contribution < 1.29 is 14.3 Å². The van der Waals surface area contributed by atoms with E-state index in [0.29, 0.717) is 16.9 Å². The molecule has 0 atom stereocenters. The van der Waals surface area contributed by atoms with Gasteiger partial charge in [0.05, 0.1) is 22.9 Å². The van der Waals surface area contributed by atoms with Crippen LogP contribution in [0.2, 0.25) is 0 Å². The molecule has 2 aromatic carbocycles. The Morgan fingerprint density at radius 3 is 2.40 bits per heavy atom. The van der Waals surface area contributed by atoms with Gasteiger partial charge in [0.25, 0.3) is 11.8 Å². The molecule has 124 valence electrons. The van der Waals surface area contributed by atoms with E-state index in [4.69, 9.17) is 4.74 Å². The Hall–Kier alpha value is -2.86. The molecule has 1 aliphatic heterocycles. The summed E-state index contributed by atoms with van der Waals surface area (Å²) in [6, 6.07) is 15.3. The third-order valence-electron chi connectivity index (χ3n) is 4.19. The van der Waals surface area contributed by atoms with E-state index in [1.54, 1.807) is 7.11 Å². The van der Waals surface area contributed by atoms with E-state index >= 15 is 0 Å². The number of aromatic nitrogens is 1. The molecule has 0 saturated heterocycles. The summed E-state index contributed by atoms with van der Waals surface area (Å²) in [5, 5.41) is 3.15. The van der Waals surface area contributed by atoms with Gasteiger partial charge in [-0.05, 0) is 39.7 Å². The lowest BCUT2D eigenvalue weighted by Crippen LogP contribution is -2.22. The number of benzene rings is 2. The van der Waals surface area contributed by atoms with Crippen molar-refractivity contribution in [2.75, 3.05) is 7.11 Å². The monoisotopic (exact) mass is 396 g/mol. The number of nitrogens with one attached hydrogen (secondary N) is 2. The van der Waals surface area contributed by atoms with Crippen LogP contribution < -0.4 is 10.1 Å². The highest BCUT2D eigenvalue weighted by Crippen LogP contribution is 2.40. The number of fused-ring (bicyclic) bond motifs is 1. The van der Waals surface area contributed by atoms with E-state index < -0.39 is 11.8 Å². The van der Waals surface area contributed by atoms with Crippen molar-refractivity contribution in [2.45, 2.75) is 0 Å². The number of imide groups is 1. The topological polar surface area (TPSA) is 71.2 Å². The first kappa shape index (κ1) is 15.7. The quantitative estimate of drug-likeness (QED) is 0.664. The van der Waals surface area contributed by atoms with Gasteiger partial charge in [0.15, 0.2) is 0 Å². The van der Waals surface area contributed by atoms with E-state index in [-0.39, 0.29) is 4.48 Å². The average molecular weight is 397 g/mol. The van der Waals surface area contributed by atoms with E-state index in [2.05, 4.69) is 26.2 Å². The molecule has 0 bridgehead atoms. The zero-order chi connectivity index (χ0) is 17.6. The molecule has 0 saturated carbocycles. The molecule has 5 nitrogen and oxygen atoms in total. The lowest BCUT2D eigenvalue weighted by molar-refractivity contribution is -0.123. The molecule has 0 aliphatic carbocycles. The van der Waals surface area contributed by atoms with Gasteiger partial charge in [-0.1, -0.05) is 30.3 Å². The molecular weight excluding hydrogens is 384 g/mol. The first-order valence-electron chi connectivity index (χ1n) is 7.61. The fourth-order valence-corrected chi connectivity index (χ4v) is 3.51. The van der Waals surface area contributed by atoms with Crippen molar-refractivity contribution in [3.8, 4) is 17.0 Å². The molecule has 4 rings (SSSR count). The van der Waals surface area contributed by atoms with Crippen LogP contribution in [0.1, 0.15) is 5.56 Å². The number of amides is 2. The number of ether oxygens (including phenoxy) is 1. The number of aromatic amines is 1. The molecule has 0 radical (unpaired) electrons. The van der Waals surface area contributed by atoms with Crippen LogP contribution in [0.5, 0.6) is 5.75 Å². The number of carbonyl (C=O) groups is 2. The summed E-state index contributed by atoms with van der Waals surface area (Å²) in [6.45, 7) is 0. The second-order valence-electron chi connectivity index (χ2n) is 5.62. The van der Waals surface area contributed by atoms with Crippen LogP contribution in [0.4, 0.5) is 0 Å². The predicted molar refractivity (Wildman–Crippen MR) is 99.3 cm³/mol. The Kier molecular flexibility index (Phi) is 3.69. The van der Waals surface area contributed by atoms with Gasteiger partial charge in [0.2, 0.25) is 0 Å². The van der Waals surface area contributed by atoms with Gasteiger partial charge in [-0.25, -0.2) is 0 Å². The lowest BCUT2D eigenvalue weighted by atomic mass is 9.98. The van der Waals surface area contributed by atoms with Gasteiger partial charge in [0, 0.05) is 16.5 Å². The Balaban J connectivity index is 2.09. The van der Waals surface area contributed by atoms with Crippen molar-refractivity contribution in [1.29, 1.82) is 0 Å². The van der Waals surface area contributed by atoms with E-state index in [1.165, 1.54) is 0 Å². The van der Waals surface area contributed by atoms with Gasteiger partial charge in [-0.2, -0.15) is 0 Å². The SMILES string of the molecule is COc1ccc2[nH]c(-c3ccccc3)c(C3=C(Br)C(=O)NC3=O)c2c1. The zero-order valence-corrected chi connectivity index (χ0v) is 14.8. The Morgan fingerprint density at radius 2 is 1.76 bits per heavy atom. The van der Waals surface area contributed by atoms with Gasteiger partial charge in [-0.3, -0.25) is 14.9 Å². The van der Waals surface area contributed by atoms with Crippen LogP contribution in [-0.2, 0) is 9.59 Å². The smallest absolute Gasteiger partial charge is 0.265 e. The minimum Gasteiger partial charge on any atom is -0.497 e. The van der Waals surface area contributed by atoms with Crippen LogP contribution in [0, 0.1) is 0 Å². The fraction of sp³-hybridized carbons (Fsp3) is 0.0526. The number of methoxy groups -OCH3 is 1. The van der Waals surface area contributed by atoms with E-state index in [9.17, 15) is 9.59 Å². The maximum atomic E-state index is 12.4. The summed E-state index contributed by atoms with van der Waals surface area (Å²) in [5.74, 6) is -0.178. The molecule has 0 fully saturated rings. The number of hydrogen-bond acceptors (Lipinski definition) is 3. The lowest BCUT2D eigenvalue weighted by Gasteiger charge is -2.06. The Morgan fingerprint density at radius 1 is 1.00 bits per heavy atom. The summed E-state index contributed by atoms with van der Waals surface area (Å²) in [4.78, 5) is 27.7. The molecule has 1 aromatic heterocycles. The maximum Gasteiger partial charge on any atom is 0.265 e. The van der Waals surface area contributed by atoms with Crippen LogP contribution in [0.25, 0.3) is 27.7 Å². The van der Waals surface area contributed by atoms with Crippen molar-refractivity contribution in [3.05, 3.63) is 58.6 Å². The molecular formula is C19H13BrN2O3. The van der Waals surface area contributed by atoms with Crippen molar-refractivity contribution in [2.24, 2.45) is 0 Å². The summed E-state index contributed by atoms with van der Waals surface area (Å²) < 4.78 is 5.56. The van der Waals surface area contributed by atoms with Gasteiger partial charge in [0.1, 0.15) is 5.75 Å². The predicted octanol–water partition coefficient (Wildman–Crippen LogP) is 3.61. The van der Waals surface area contributed by atoms with Crippen molar-refractivity contribution in [1.82, 2.24) is 10.3 Å². The first-order chi connectivity index (χ1) is 12.1. The Labute approximate surface area is 151 Å². The number of hydrogen-bond donors (Lipinski definition) is 2. The van der Waals surface area contributed by atoms with Gasteiger partial charge < -0.3 is 9.72 Å². The highest BCUT2D eigenvalue weighted by Gasteiger charge is 2.33. The van der Waals surface area contributed by atoms with Gasteiger partial charge >= 0.3 is 0 Å².